The molecule has 206 valence electrons. The monoisotopic (exact) mass is 534 g/mol. The van der Waals surface area contributed by atoms with Crippen LogP contribution < -0.4 is 15.6 Å². The molecule has 0 saturated heterocycles. The average Bonchev–Trinajstić information content (AvgIpc) is 3.22. The Bertz CT molecular complexity index is 1130. The Morgan fingerprint density at radius 3 is 1.13 bits per heavy atom. The molecule has 0 N–H and O–H groups in total. The zero-order chi connectivity index (χ0) is 27.8. The van der Waals surface area contributed by atoms with Crippen molar-refractivity contribution in [3.05, 3.63) is 112 Å². The predicted octanol–water partition coefficient (Wildman–Crippen LogP) is 8.64. The smallest absolute Gasteiger partial charge is 0.0748 e. The number of hydrogen-bond acceptors (Lipinski definition) is 0. The first-order chi connectivity index (χ1) is 18.9. The lowest BCUT2D eigenvalue weighted by atomic mass is 10.1. The molecule has 0 heterocycles. The molecule has 0 saturated carbocycles. The fraction of sp³-hybridized carbons (Fsp3) is 0.421. The minimum Gasteiger partial charge on any atom is -0.0748 e. The SMILES string of the molecule is CCCCc1ccc([Si](C2=C(C)C(C)=CC2C)(c2ccc(CCCC)cc2)c2ccc(CCCC)cc2)cc1. The van der Waals surface area contributed by atoms with Gasteiger partial charge < -0.3 is 0 Å². The lowest BCUT2D eigenvalue weighted by Gasteiger charge is -2.38. The summed E-state index contributed by atoms with van der Waals surface area (Å²) in [7, 11) is -2.49. The summed E-state index contributed by atoms with van der Waals surface area (Å²) in [5.41, 5.74) is 7.36. The summed E-state index contributed by atoms with van der Waals surface area (Å²) >= 11 is 0. The molecule has 1 atom stereocenters. The number of unbranched alkanes of at least 4 members (excludes halogenated alkanes) is 3. The van der Waals surface area contributed by atoms with Crippen LogP contribution in [0.25, 0.3) is 0 Å². The topological polar surface area (TPSA) is 0 Å². The predicted molar refractivity (Wildman–Crippen MR) is 175 cm³/mol. The molecule has 0 spiro atoms. The summed E-state index contributed by atoms with van der Waals surface area (Å²) in [5.74, 6) is 0.441. The van der Waals surface area contributed by atoms with E-state index in [-0.39, 0.29) is 0 Å². The van der Waals surface area contributed by atoms with Crippen molar-refractivity contribution in [3.8, 4) is 0 Å². The Balaban J connectivity index is 1.96. The standard InChI is InChI=1S/C38H50Si/c1-7-10-13-32-16-22-35(23-17-32)39(38-30(5)28-29(4)31(38)6,36-24-18-33(19-25-36)14-11-8-2)37-26-20-34(21-27-37)15-12-9-3/h16-28,30H,7-15H2,1-6H3. The van der Waals surface area contributed by atoms with E-state index in [4.69, 9.17) is 0 Å². The van der Waals surface area contributed by atoms with E-state index in [0.717, 1.165) is 0 Å². The van der Waals surface area contributed by atoms with Gasteiger partial charge in [0.2, 0.25) is 0 Å². The highest BCUT2D eigenvalue weighted by molar-refractivity contribution is 7.16. The van der Waals surface area contributed by atoms with E-state index >= 15 is 0 Å². The van der Waals surface area contributed by atoms with E-state index in [1.54, 1.807) is 5.20 Å². The quantitative estimate of drug-likeness (QED) is 0.152. The number of hydrogen-bond donors (Lipinski definition) is 0. The van der Waals surface area contributed by atoms with Gasteiger partial charge in [-0.1, -0.05) is 142 Å². The molecule has 1 aliphatic rings. The second-order valence-electron chi connectivity index (χ2n) is 11.8. The van der Waals surface area contributed by atoms with Gasteiger partial charge >= 0.3 is 0 Å². The summed E-state index contributed by atoms with van der Waals surface area (Å²) in [5, 5.41) is 6.24. The molecule has 4 rings (SSSR count). The normalized spacial score (nSPS) is 15.6. The zero-order valence-corrected chi connectivity index (χ0v) is 26.4. The van der Waals surface area contributed by atoms with E-state index in [2.05, 4.69) is 120 Å². The minimum absolute atomic E-state index is 0.441. The van der Waals surface area contributed by atoms with Crippen LogP contribution in [0.5, 0.6) is 0 Å². The molecule has 0 fully saturated rings. The van der Waals surface area contributed by atoms with Crippen molar-refractivity contribution in [2.75, 3.05) is 0 Å². The van der Waals surface area contributed by atoms with Gasteiger partial charge in [-0.15, -0.1) is 0 Å². The van der Waals surface area contributed by atoms with Crippen molar-refractivity contribution >= 4 is 23.6 Å². The highest BCUT2D eigenvalue weighted by Crippen LogP contribution is 2.37. The summed E-state index contributed by atoms with van der Waals surface area (Å²) < 4.78 is 0. The summed E-state index contributed by atoms with van der Waals surface area (Å²) in [4.78, 5) is 0. The Labute approximate surface area is 240 Å². The number of rotatable bonds is 13. The number of benzene rings is 3. The van der Waals surface area contributed by atoms with E-state index < -0.39 is 8.07 Å². The Morgan fingerprint density at radius 1 is 0.538 bits per heavy atom. The van der Waals surface area contributed by atoms with Crippen molar-refractivity contribution in [1.29, 1.82) is 0 Å². The molecule has 0 amide bonds. The van der Waals surface area contributed by atoms with Crippen LogP contribution in [0.15, 0.2) is 95.2 Å². The van der Waals surface area contributed by atoms with Crippen LogP contribution in [0, 0.1) is 5.92 Å². The summed E-state index contributed by atoms with van der Waals surface area (Å²) in [6.07, 6.45) is 13.5. The van der Waals surface area contributed by atoms with Crippen molar-refractivity contribution in [2.24, 2.45) is 5.92 Å². The van der Waals surface area contributed by atoms with Gasteiger partial charge in [0.25, 0.3) is 0 Å². The fourth-order valence-corrected chi connectivity index (χ4v) is 12.1. The van der Waals surface area contributed by atoms with Crippen molar-refractivity contribution in [3.63, 3.8) is 0 Å². The first-order valence-corrected chi connectivity index (χ1v) is 17.6. The molecule has 1 heteroatoms. The average molecular weight is 535 g/mol. The van der Waals surface area contributed by atoms with Gasteiger partial charge in [0.1, 0.15) is 0 Å². The van der Waals surface area contributed by atoms with Crippen LogP contribution in [0.2, 0.25) is 0 Å². The highest BCUT2D eigenvalue weighted by atomic mass is 28.3. The third-order valence-corrected chi connectivity index (χ3v) is 14.2. The molecule has 0 aliphatic heterocycles. The Morgan fingerprint density at radius 2 is 0.872 bits per heavy atom. The van der Waals surface area contributed by atoms with Crippen LogP contribution in [0.3, 0.4) is 0 Å². The van der Waals surface area contributed by atoms with Gasteiger partial charge in [-0.2, -0.15) is 0 Å². The molecule has 3 aromatic carbocycles. The molecule has 0 bridgehead atoms. The van der Waals surface area contributed by atoms with Crippen molar-refractivity contribution in [2.45, 2.75) is 99.3 Å². The molecule has 3 aromatic rings. The second-order valence-corrected chi connectivity index (χ2v) is 15.6. The molecule has 1 aliphatic carbocycles. The second kappa shape index (κ2) is 13.6. The van der Waals surface area contributed by atoms with Crippen LogP contribution in [-0.2, 0) is 19.3 Å². The third-order valence-electron chi connectivity index (χ3n) is 8.97. The zero-order valence-electron chi connectivity index (χ0n) is 25.4. The maximum absolute atomic E-state index is 2.51. The fourth-order valence-electron chi connectivity index (χ4n) is 6.63. The lowest BCUT2D eigenvalue weighted by molar-refractivity contribution is 0.795. The Hall–Kier alpha value is -2.64. The first-order valence-electron chi connectivity index (χ1n) is 15.6. The molecule has 0 nitrogen and oxygen atoms in total. The van der Waals surface area contributed by atoms with Gasteiger partial charge in [0.15, 0.2) is 8.07 Å². The lowest BCUT2D eigenvalue weighted by Crippen LogP contribution is -2.69. The molecule has 39 heavy (non-hydrogen) atoms. The Kier molecular flexibility index (Phi) is 10.2. The van der Waals surface area contributed by atoms with Crippen LogP contribution in [0.4, 0.5) is 0 Å². The summed E-state index contributed by atoms with van der Waals surface area (Å²) in [6, 6.07) is 29.5. The van der Waals surface area contributed by atoms with Crippen molar-refractivity contribution < 1.29 is 0 Å². The van der Waals surface area contributed by atoms with E-state index in [1.165, 1.54) is 101 Å². The van der Waals surface area contributed by atoms with E-state index in [1.807, 2.05) is 0 Å². The van der Waals surface area contributed by atoms with Crippen LogP contribution in [0.1, 0.15) is 96.8 Å². The van der Waals surface area contributed by atoms with E-state index in [0.29, 0.717) is 5.92 Å². The van der Waals surface area contributed by atoms with Gasteiger partial charge in [0.05, 0.1) is 0 Å². The largest absolute Gasteiger partial charge is 0.176 e. The maximum Gasteiger partial charge on any atom is 0.176 e. The van der Waals surface area contributed by atoms with Crippen molar-refractivity contribution in [1.82, 2.24) is 0 Å². The molecular weight excluding hydrogens is 485 g/mol. The minimum atomic E-state index is -2.49. The molecule has 0 aromatic heterocycles. The van der Waals surface area contributed by atoms with Crippen LogP contribution in [-0.4, -0.2) is 8.07 Å². The van der Waals surface area contributed by atoms with Crippen LogP contribution >= 0.6 is 0 Å². The van der Waals surface area contributed by atoms with Gasteiger partial charge in [-0.05, 0) is 90.5 Å². The number of allylic oxidation sites excluding steroid dienone is 4. The van der Waals surface area contributed by atoms with Gasteiger partial charge in [-0.25, -0.2) is 0 Å². The number of aryl methyl sites for hydroxylation is 3. The van der Waals surface area contributed by atoms with E-state index in [9.17, 15) is 0 Å². The maximum atomic E-state index is 2.51. The first kappa shape index (κ1) is 29.3. The molecular formula is C38H50Si. The van der Waals surface area contributed by atoms with Gasteiger partial charge in [-0.3, -0.25) is 0 Å². The molecule has 0 radical (unpaired) electrons. The highest BCUT2D eigenvalue weighted by Gasteiger charge is 2.46. The summed E-state index contributed by atoms with van der Waals surface area (Å²) in [6.45, 7) is 14.0. The third kappa shape index (κ3) is 6.25. The van der Waals surface area contributed by atoms with Gasteiger partial charge in [0, 0.05) is 0 Å². The molecule has 1 unspecified atom stereocenters.